The highest BCUT2D eigenvalue weighted by Gasteiger charge is 2.33. The number of carbonyl (C=O) groups is 1. The van der Waals surface area contributed by atoms with E-state index < -0.39 is 17.7 Å². The standard InChI is InChI=1S/C19H20F3N3O2S/c1-12-9-15(17(26)27-2)24-18(23-12)25-8-7-13(10-25)11-28-16-6-4-3-5-14(16)19(20,21)22/h3-6,9,13H,7-8,10-11H2,1-2H3. The maximum atomic E-state index is 13.1. The molecule has 2 aromatic rings. The number of methoxy groups -OCH3 is 1. The topological polar surface area (TPSA) is 55.3 Å². The molecule has 1 fully saturated rings. The van der Waals surface area contributed by atoms with Gasteiger partial charge in [0, 0.05) is 29.4 Å². The first-order valence-electron chi connectivity index (χ1n) is 8.76. The quantitative estimate of drug-likeness (QED) is 0.543. The van der Waals surface area contributed by atoms with Gasteiger partial charge in [-0.1, -0.05) is 12.1 Å². The fourth-order valence-corrected chi connectivity index (χ4v) is 4.29. The molecule has 150 valence electrons. The van der Waals surface area contributed by atoms with Gasteiger partial charge >= 0.3 is 12.1 Å². The molecule has 1 unspecified atom stereocenters. The monoisotopic (exact) mass is 411 g/mol. The van der Waals surface area contributed by atoms with E-state index in [4.69, 9.17) is 4.74 Å². The number of hydrogen-bond acceptors (Lipinski definition) is 6. The van der Waals surface area contributed by atoms with Crippen LogP contribution in [-0.4, -0.2) is 41.9 Å². The summed E-state index contributed by atoms with van der Waals surface area (Å²) in [6, 6.07) is 7.20. The molecule has 28 heavy (non-hydrogen) atoms. The van der Waals surface area contributed by atoms with Crippen LogP contribution in [-0.2, 0) is 10.9 Å². The molecule has 1 aliphatic heterocycles. The summed E-state index contributed by atoms with van der Waals surface area (Å²) < 4.78 is 44.1. The number of esters is 1. The summed E-state index contributed by atoms with van der Waals surface area (Å²) in [5.74, 6) is 0.696. The van der Waals surface area contributed by atoms with E-state index in [1.54, 1.807) is 19.1 Å². The Balaban J connectivity index is 1.66. The molecule has 0 amide bonds. The van der Waals surface area contributed by atoms with E-state index in [-0.39, 0.29) is 16.5 Å². The zero-order chi connectivity index (χ0) is 20.3. The maximum Gasteiger partial charge on any atom is 0.417 e. The molecule has 0 bridgehead atoms. The van der Waals surface area contributed by atoms with Crippen LogP contribution in [0.1, 0.15) is 28.2 Å². The van der Waals surface area contributed by atoms with E-state index in [0.29, 0.717) is 30.5 Å². The van der Waals surface area contributed by atoms with Crippen LogP contribution in [0.3, 0.4) is 0 Å². The average Bonchev–Trinajstić information content (AvgIpc) is 3.14. The van der Waals surface area contributed by atoms with E-state index >= 15 is 0 Å². The summed E-state index contributed by atoms with van der Waals surface area (Å²) in [7, 11) is 1.29. The molecule has 1 aliphatic rings. The van der Waals surface area contributed by atoms with Crippen LogP contribution in [0.2, 0.25) is 0 Å². The smallest absolute Gasteiger partial charge is 0.417 e. The van der Waals surface area contributed by atoms with Crippen molar-refractivity contribution in [2.75, 3.05) is 30.9 Å². The minimum Gasteiger partial charge on any atom is -0.464 e. The van der Waals surface area contributed by atoms with Crippen molar-refractivity contribution < 1.29 is 22.7 Å². The predicted molar refractivity (Wildman–Crippen MR) is 101 cm³/mol. The van der Waals surface area contributed by atoms with Crippen molar-refractivity contribution in [2.45, 2.75) is 24.4 Å². The molecule has 0 radical (unpaired) electrons. The number of alkyl halides is 3. The summed E-state index contributed by atoms with van der Waals surface area (Å²) in [6.45, 7) is 3.09. The number of hydrogen-bond donors (Lipinski definition) is 0. The van der Waals surface area contributed by atoms with Crippen molar-refractivity contribution in [3.63, 3.8) is 0 Å². The van der Waals surface area contributed by atoms with E-state index in [0.717, 1.165) is 12.5 Å². The summed E-state index contributed by atoms with van der Waals surface area (Å²) in [5, 5.41) is 0. The highest BCUT2D eigenvalue weighted by Crippen LogP contribution is 2.38. The number of ether oxygens (including phenoxy) is 1. The van der Waals surface area contributed by atoms with Crippen LogP contribution < -0.4 is 4.90 Å². The van der Waals surface area contributed by atoms with Crippen molar-refractivity contribution >= 4 is 23.7 Å². The molecule has 0 saturated carbocycles. The van der Waals surface area contributed by atoms with Crippen molar-refractivity contribution in [1.82, 2.24) is 9.97 Å². The molecule has 1 aromatic carbocycles. The van der Waals surface area contributed by atoms with Crippen molar-refractivity contribution in [3.05, 3.63) is 47.3 Å². The minimum absolute atomic E-state index is 0.196. The van der Waals surface area contributed by atoms with Crippen LogP contribution in [0.4, 0.5) is 19.1 Å². The Kier molecular flexibility index (Phi) is 6.12. The Morgan fingerprint density at radius 3 is 2.79 bits per heavy atom. The van der Waals surface area contributed by atoms with E-state index in [1.165, 1.54) is 31.0 Å². The summed E-state index contributed by atoms with van der Waals surface area (Å²) in [5.41, 5.74) is 0.254. The third-order valence-electron chi connectivity index (χ3n) is 4.47. The Labute approximate surface area is 165 Å². The first kappa shape index (κ1) is 20.4. The minimum atomic E-state index is -4.36. The first-order valence-corrected chi connectivity index (χ1v) is 9.74. The second kappa shape index (κ2) is 8.38. The number of aryl methyl sites for hydroxylation is 1. The van der Waals surface area contributed by atoms with Gasteiger partial charge in [0.05, 0.1) is 12.7 Å². The van der Waals surface area contributed by atoms with Crippen LogP contribution in [0, 0.1) is 12.8 Å². The predicted octanol–water partition coefficient (Wildman–Crippen LogP) is 4.21. The first-order chi connectivity index (χ1) is 13.3. The van der Waals surface area contributed by atoms with Gasteiger partial charge in [0.2, 0.25) is 5.95 Å². The Morgan fingerprint density at radius 2 is 2.07 bits per heavy atom. The number of rotatable bonds is 5. The molecule has 0 aliphatic carbocycles. The van der Waals surface area contributed by atoms with Crippen molar-refractivity contribution in [1.29, 1.82) is 0 Å². The highest BCUT2D eigenvalue weighted by molar-refractivity contribution is 7.99. The fraction of sp³-hybridized carbons (Fsp3) is 0.421. The molecule has 1 aromatic heterocycles. The SMILES string of the molecule is COC(=O)c1cc(C)nc(N2CCC(CSc3ccccc3C(F)(F)F)C2)n1. The summed E-state index contributed by atoms with van der Waals surface area (Å²) in [6.07, 6.45) is -3.53. The average molecular weight is 411 g/mol. The van der Waals surface area contributed by atoms with Gasteiger partial charge in [-0.3, -0.25) is 0 Å². The van der Waals surface area contributed by atoms with E-state index in [1.807, 2.05) is 4.90 Å². The lowest BCUT2D eigenvalue weighted by Gasteiger charge is -2.18. The molecule has 1 saturated heterocycles. The number of nitrogens with zero attached hydrogens (tertiary/aromatic N) is 3. The van der Waals surface area contributed by atoms with Crippen LogP contribution in [0.5, 0.6) is 0 Å². The number of thioether (sulfide) groups is 1. The number of benzene rings is 1. The van der Waals surface area contributed by atoms with Gasteiger partial charge in [-0.15, -0.1) is 11.8 Å². The largest absolute Gasteiger partial charge is 0.464 e. The maximum absolute atomic E-state index is 13.1. The fourth-order valence-electron chi connectivity index (χ4n) is 3.09. The summed E-state index contributed by atoms with van der Waals surface area (Å²) >= 11 is 1.22. The number of aromatic nitrogens is 2. The van der Waals surface area contributed by atoms with Crippen molar-refractivity contribution in [2.24, 2.45) is 5.92 Å². The zero-order valence-corrected chi connectivity index (χ0v) is 16.3. The van der Waals surface area contributed by atoms with Crippen LogP contribution in [0.25, 0.3) is 0 Å². The Bertz CT molecular complexity index is 861. The normalized spacial score (nSPS) is 17.0. The van der Waals surface area contributed by atoms with Gasteiger partial charge in [0.1, 0.15) is 0 Å². The molecule has 0 spiro atoms. The number of halogens is 3. The number of carbonyl (C=O) groups excluding carboxylic acids is 1. The van der Waals surface area contributed by atoms with Crippen LogP contribution >= 0.6 is 11.8 Å². The van der Waals surface area contributed by atoms with Gasteiger partial charge in [-0.2, -0.15) is 13.2 Å². The lowest BCUT2D eigenvalue weighted by atomic mass is 10.2. The van der Waals surface area contributed by atoms with E-state index in [9.17, 15) is 18.0 Å². The van der Waals surface area contributed by atoms with Gasteiger partial charge in [0.15, 0.2) is 5.69 Å². The number of anilines is 1. The molecular formula is C19H20F3N3O2S. The molecule has 2 heterocycles. The second-order valence-electron chi connectivity index (χ2n) is 6.59. The summed E-state index contributed by atoms with van der Waals surface area (Å²) in [4.78, 5) is 22.6. The lowest BCUT2D eigenvalue weighted by Crippen LogP contribution is -2.24. The third-order valence-corrected chi connectivity index (χ3v) is 5.78. The third kappa shape index (κ3) is 4.76. The van der Waals surface area contributed by atoms with Crippen molar-refractivity contribution in [3.8, 4) is 0 Å². The molecular weight excluding hydrogens is 391 g/mol. The Hall–Kier alpha value is -2.29. The molecule has 0 N–H and O–H groups in total. The van der Waals surface area contributed by atoms with Gasteiger partial charge < -0.3 is 9.64 Å². The highest BCUT2D eigenvalue weighted by atomic mass is 32.2. The molecule has 3 rings (SSSR count). The zero-order valence-electron chi connectivity index (χ0n) is 15.5. The molecule has 5 nitrogen and oxygen atoms in total. The van der Waals surface area contributed by atoms with E-state index in [2.05, 4.69) is 9.97 Å². The van der Waals surface area contributed by atoms with Crippen LogP contribution in [0.15, 0.2) is 35.2 Å². The Morgan fingerprint density at radius 1 is 1.32 bits per heavy atom. The van der Waals surface area contributed by atoms with Gasteiger partial charge in [-0.05, 0) is 37.5 Å². The molecule has 9 heteroatoms. The lowest BCUT2D eigenvalue weighted by molar-refractivity contribution is -0.139. The second-order valence-corrected chi connectivity index (χ2v) is 7.65. The molecule has 1 atom stereocenters. The van der Waals surface area contributed by atoms with Gasteiger partial charge in [0.25, 0.3) is 0 Å². The van der Waals surface area contributed by atoms with Gasteiger partial charge in [-0.25, -0.2) is 14.8 Å².